The molecular formula is C28H29N7O4S. The first-order valence-electron chi connectivity index (χ1n) is 13.3. The number of β-lactam (4-membered cyclic amide) rings is 1. The average molecular weight is 560 g/mol. The lowest BCUT2D eigenvalue weighted by Crippen LogP contribution is -2.71. The topological polar surface area (TPSA) is 123 Å². The number of carbonyl (C=O) groups is 3. The number of fused-ring (bicyclic) bond motifs is 1. The van der Waals surface area contributed by atoms with Crippen LogP contribution >= 0.6 is 11.8 Å². The number of amides is 2. The van der Waals surface area contributed by atoms with Crippen molar-refractivity contribution >= 4 is 29.5 Å². The average Bonchev–Trinajstić information content (AvgIpc) is 3.52. The summed E-state index contributed by atoms with van der Waals surface area (Å²) in [4.78, 5) is 43.9. The number of hydrogen-bond donors (Lipinski definition) is 1. The predicted octanol–water partition coefficient (Wildman–Crippen LogP) is 2.10. The molecule has 1 N–H and O–H groups in total. The number of aromatic nitrogens is 4. The Labute approximate surface area is 235 Å². The van der Waals surface area contributed by atoms with Gasteiger partial charge in [0, 0.05) is 18.8 Å². The molecule has 12 heteroatoms. The number of hydrogen-bond acceptors (Lipinski definition) is 9. The molecule has 1 unspecified atom stereocenters. The van der Waals surface area contributed by atoms with Crippen LogP contribution < -0.4 is 5.32 Å². The molecule has 2 amide bonds. The largest absolute Gasteiger partial charge is 0.448 e. The number of ether oxygens (including phenoxy) is 1. The van der Waals surface area contributed by atoms with Gasteiger partial charge in [-0.1, -0.05) is 60.7 Å². The molecule has 40 heavy (non-hydrogen) atoms. The summed E-state index contributed by atoms with van der Waals surface area (Å²) in [5.41, 5.74) is 2.77. The third-order valence-corrected chi connectivity index (χ3v) is 8.59. The van der Waals surface area contributed by atoms with E-state index in [1.807, 2.05) is 60.7 Å². The summed E-state index contributed by atoms with van der Waals surface area (Å²) >= 11 is 1.55. The Balaban J connectivity index is 1.28. The molecule has 0 spiro atoms. The molecule has 2 aromatic carbocycles. The molecule has 0 radical (unpaired) electrons. The monoisotopic (exact) mass is 559 g/mol. The number of nitrogens with zero attached hydrogens (tertiary/aromatic N) is 6. The number of rotatable bonds is 8. The number of nitrogens with one attached hydrogen (secondary N) is 1. The van der Waals surface area contributed by atoms with Crippen LogP contribution in [0.25, 0.3) is 0 Å². The van der Waals surface area contributed by atoms with Crippen molar-refractivity contribution in [2.45, 2.75) is 43.3 Å². The zero-order chi connectivity index (χ0) is 27.5. The van der Waals surface area contributed by atoms with Gasteiger partial charge in [0.2, 0.25) is 5.91 Å². The van der Waals surface area contributed by atoms with E-state index < -0.39 is 23.5 Å². The number of piperidine rings is 1. The highest BCUT2D eigenvalue weighted by molar-refractivity contribution is 8.00. The normalized spacial score (nSPS) is 20.7. The van der Waals surface area contributed by atoms with Crippen LogP contribution in [0.15, 0.2) is 78.4 Å². The van der Waals surface area contributed by atoms with Gasteiger partial charge < -0.3 is 15.0 Å². The van der Waals surface area contributed by atoms with Crippen LogP contribution in [0.5, 0.6) is 0 Å². The Kier molecular flexibility index (Phi) is 7.49. The Morgan fingerprint density at radius 1 is 1.00 bits per heavy atom. The van der Waals surface area contributed by atoms with Gasteiger partial charge in [-0.15, -0.1) is 16.9 Å². The molecule has 3 aliphatic rings. The molecule has 206 valence electrons. The van der Waals surface area contributed by atoms with Gasteiger partial charge in [-0.25, -0.2) is 9.48 Å². The molecule has 0 aliphatic carbocycles. The van der Waals surface area contributed by atoms with Gasteiger partial charge in [0.05, 0.1) is 5.70 Å². The molecule has 0 bridgehead atoms. The van der Waals surface area contributed by atoms with Gasteiger partial charge in [-0.05, 0) is 40.8 Å². The smallest absolute Gasteiger partial charge is 0.357 e. The minimum Gasteiger partial charge on any atom is -0.448 e. The van der Waals surface area contributed by atoms with Crippen molar-refractivity contribution < 1.29 is 19.1 Å². The number of likely N-dealkylation sites (tertiary alicyclic amines) is 1. The van der Waals surface area contributed by atoms with Crippen molar-refractivity contribution in [3.05, 3.63) is 89.5 Å². The lowest BCUT2D eigenvalue weighted by Gasteiger charge is -2.51. The van der Waals surface area contributed by atoms with Crippen LogP contribution in [-0.4, -0.2) is 78.0 Å². The first kappa shape index (κ1) is 26.1. The number of esters is 1. The van der Waals surface area contributed by atoms with Gasteiger partial charge >= 0.3 is 5.97 Å². The Hall–Kier alpha value is -4.19. The Morgan fingerprint density at radius 2 is 1.68 bits per heavy atom. The molecule has 11 nitrogen and oxygen atoms in total. The fourth-order valence-electron chi connectivity index (χ4n) is 5.36. The summed E-state index contributed by atoms with van der Waals surface area (Å²) in [5.74, 6) is -0.719. The van der Waals surface area contributed by atoms with Gasteiger partial charge in [0.15, 0.2) is 11.8 Å². The van der Waals surface area contributed by atoms with Crippen molar-refractivity contribution in [3.63, 3.8) is 0 Å². The van der Waals surface area contributed by atoms with E-state index in [2.05, 4.69) is 25.7 Å². The lowest BCUT2D eigenvalue weighted by atomic mass is 10.0. The van der Waals surface area contributed by atoms with Gasteiger partial charge in [0.25, 0.3) is 5.91 Å². The predicted molar refractivity (Wildman–Crippen MR) is 146 cm³/mol. The van der Waals surface area contributed by atoms with E-state index in [-0.39, 0.29) is 24.1 Å². The maximum absolute atomic E-state index is 14.1. The fourth-order valence-corrected chi connectivity index (χ4v) is 6.75. The van der Waals surface area contributed by atoms with E-state index in [4.69, 9.17) is 4.74 Å². The molecular weight excluding hydrogens is 530 g/mol. The number of thioether (sulfide) groups is 1. The van der Waals surface area contributed by atoms with Crippen LogP contribution in [0.1, 0.15) is 36.5 Å². The van der Waals surface area contributed by atoms with Crippen molar-refractivity contribution in [2.24, 2.45) is 0 Å². The number of carbonyl (C=O) groups excluding carboxylic acids is 3. The second kappa shape index (κ2) is 11.5. The van der Waals surface area contributed by atoms with Gasteiger partial charge in [-0.2, -0.15) is 0 Å². The summed E-state index contributed by atoms with van der Waals surface area (Å²) in [6.45, 7) is 1.55. The second-order valence-electron chi connectivity index (χ2n) is 9.91. The standard InChI is InChI=1S/C28H29N7O4S/c36-22(16-34-18-29-31-32-34)30-23-26(37)35-24(21(17-40-27(23)35)33-14-8-3-9-15-33)28(38)39-25(19-10-4-1-5-11-19)20-12-6-2-7-13-20/h1-2,4-7,10-13,18,23,25,27H,3,8-9,14-17H2,(H,30,36)/t23?,27-/m1/s1. The molecule has 6 rings (SSSR count). The van der Waals surface area contributed by atoms with Crippen molar-refractivity contribution in [2.75, 3.05) is 18.8 Å². The van der Waals surface area contributed by atoms with Crippen LogP contribution in [0.4, 0.5) is 0 Å². The summed E-state index contributed by atoms with van der Waals surface area (Å²) in [7, 11) is 0. The van der Waals surface area contributed by atoms with Gasteiger partial charge in [-0.3, -0.25) is 14.5 Å². The fraction of sp³-hybridized carbons (Fsp3) is 0.357. The van der Waals surface area contributed by atoms with Crippen LogP contribution in [0, 0.1) is 0 Å². The minimum absolute atomic E-state index is 0.103. The molecule has 0 saturated carbocycles. The SMILES string of the molecule is O=C(Cn1cnnn1)NC1C(=O)N2C(C(=O)OC(c3ccccc3)c3ccccc3)=C(N3CCCCC3)CS[C@H]12. The molecule has 2 atom stereocenters. The van der Waals surface area contributed by atoms with E-state index in [0.29, 0.717) is 5.75 Å². The third kappa shape index (κ3) is 5.18. The van der Waals surface area contributed by atoms with Gasteiger partial charge in [0.1, 0.15) is 24.3 Å². The van der Waals surface area contributed by atoms with Crippen molar-refractivity contribution in [3.8, 4) is 0 Å². The maximum atomic E-state index is 14.1. The second-order valence-corrected chi connectivity index (χ2v) is 11.0. The van der Waals surface area contributed by atoms with E-state index in [9.17, 15) is 14.4 Å². The van der Waals surface area contributed by atoms with Crippen molar-refractivity contribution in [1.82, 2.24) is 35.3 Å². The molecule has 2 saturated heterocycles. The van der Waals surface area contributed by atoms with Crippen molar-refractivity contribution in [1.29, 1.82) is 0 Å². The molecule has 4 heterocycles. The summed E-state index contributed by atoms with van der Waals surface area (Å²) in [6.07, 6.45) is 3.89. The first-order chi connectivity index (χ1) is 19.6. The highest BCUT2D eigenvalue weighted by Crippen LogP contribution is 2.43. The number of tetrazole rings is 1. The minimum atomic E-state index is -0.751. The van der Waals surface area contributed by atoms with E-state index >= 15 is 0 Å². The summed E-state index contributed by atoms with van der Waals surface area (Å²) in [5, 5.41) is 13.1. The maximum Gasteiger partial charge on any atom is 0.357 e. The third-order valence-electron chi connectivity index (χ3n) is 7.32. The molecule has 3 aromatic rings. The zero-order valence-electron chi connectivity index (χ0n) is 21.8. The van der Waals surface area contributed by atoms with Crippen LogP contribution in [0.3, 0.4) is 0 Å². The highest BCUT2D eigenvalue weighted by Gasteiger charge is 2.55. The van der Waals surface area contributed by atoms with Crippen LogP contribution in [0.2, 0.25) is 0 Å². The summed E-state index contributed by atoms with van der Waals surface area (Å²) < 4.78 is 7.52. The zero-order valence-corrected chi connectivity index (χ0v) is 22.6. The molecule has 2 fully saturated rings. The number of benzene rings is 2. The van der Waals surface area contributed by atoms with E-state index in [0.717, 1.165) is 49.2 Å². The Morgan fingerprint density at radius 3 is 2.30 bits per heavy atom. The highest BCUT2D eigenvalue weighted by atomic mass is 32.2. The van der Waals surface area contributed by atoms with E-state index in [1.165, 1.54) is 15.9 Å². The van der Waals surface area contributed by atoms with Crippen LogP contribution in [-0.2, 0) is 25.7 Å². The molecule has 3 aliphatic heterocycles. The quantitative estimate of drug-likeness (QED) is 0.327. The van der Waals surface area contributed by atoms with E-state index in [1.54, 1.807) is 11.8 Å². The molecule has 1 aromatic heterocycles. The Bertz CT molecular complexity index is 1360. The summed E-state index contributed by atoms with van der Waals surface area (Å²) in [6, 6.07) is 18.4. The lowest BCUT2D eigenvalue weighted by molar-refractivity contribution is -0.155. The first-order valence-corrected chi connectivity index (χ1v) is 14.4.